The van der Waals surface area contributed by atoms with Crippen LogP contribution in [0.15, 0.2) is 18.2 Å². The Hall–Kier alpha value is -1.26. The third kappa shape index (κ3) is 3.25. The summed E-state index contributed by atoms with van der Waals surface area (Å²) >= 11 is 6.01. The molecule has 1 saturated carbocycles. The molecule has 0 bridgehead atoms. The molecule has 0 aliphatic heterocycles. The molecule has 5 heteroatoms. The monoisotopic (exact) mass is 296 g/mol. The lowest BCUT2D eigenvalue weighted by Gasteiger charge is -2.24. The molecular formula is C15H21ClN2O2. The van der Waals surface area contributed by atoms with Gasteiger partial charge < -0.3 is 15.4 Å². The van der Waals surface area contributed by atoms with Gasteiger partial charge in [0.2, 0.25) is 5.91 Å². The molecule has 0 unspecified atom stereocenters. The van der Waals surface area contributed by atoms with Crippen LogP contribution in [-0.4, -0.2) is 31.0 Å². The first kappa shape index (κ1) is 15.1. The normalized spacial score (nSPS) is 21.8. The highest BCUT2D eigenvalue weighted by atomic mass is 35.5. The molecule has 1 amide bonds. The van der Waals surface area contributed by atoms with Crippen LogP contribution in [0.2, 0.25) is 5.02 Å². The highest BCUT2D eigenvalue weighted by Crippen LogP contribution is 2.28. The van der Waals surface area contributed by atoms with E-state index >= 15 is 0 Å². The molecule has 20 heavy (non-hydrogen) atoms. The van der Waals surface area contributed by atoms with Gasteiger partial charge in [-0.3, -0.25) is 4.79 Å². The van der Waals surface area contributed by atoms with Gasteiger partial charge in [0, 0.05) is 30.2 Å². The highest BCUT2D eigenvalue weighted by molar-refractivity contribution is 6.30. The minimum atomic E-state index is -0.0508. The van der Waals surface area contributed by atoms with Crippen LogP contribution in [0.4, 0.5) is 0 Å². The summed E-state index contributed by atoms with van der Waals surface area (Å²) in [6, 6.07) is 5.42. The maximum absolute atomic E-state index is 12.4. The van der Waals surface area contributed by atoms with E-state index in [4.69, 9.17) is 22.1 Å². The summed E-state index contributed by atoms with van der Waals surface area (Å²) < 4.78 is 5.31. The zero-order chi connectivity index (χ0) is 14.7. The second-order valence-corrected chi connectivity index (χ2v) is 5.79. The van der Waals surface area contributed by atoms with Gasteiger partial charge in [0.05, 0.1) is 13.0 Å². The van der Waals surface area contributed by atoms with Gasteiger partial charge in [-0.25, -0.2) is 0 Å². The van der Waals surface area contributed by atoms with E-state index in [9.17, 15) is 4.79 Å². The van der Waals surface area contributed by atoms with Crippen molar-refractivity contribution in [3.63, 3.8) is 0 Å². The number of methoxy groups -OCH3 is 1. The predicted octanol–water partition coefficient (Wildman–Crippen LogP) is 2.43. The number of nitrogens with two attached hydrogens (primary N) is 1. The Labute approximate surface area is 124 Å². The number of hydrogen-bond donors (Lipinski definition) is 1. The number of carbonyl (C=O) groups is 1. The third-order valence-corrected chi connectivity index (χ3v) is 4.15. The lowest BCUT2D eigenvalue weighted by atomic mass is 10.0. The Balaban J connectivity index is 2.09. The first-order valence-corrected chi connectivity index (χ1v) is 7.23. The smallest absolute Gasteiger partial charge is 0.227 e. The molecular weight excluding hydrogens is 276 g/mol. The van der Waals surface area contributed by atoms with Gasteiger partial charge in [0.25, 0.3) is 0 Å². The van der Waals surface area contributed by atoms with E-state index in [1.165, 1.54) is 0 Å². The molecule has 0 heterocycles. The summed E-state index contributed by atoms with van der Waals surface area (Å²) in [5.41, 5.74) is 6.90. The number of benzene rings is 1. The van der Waals surface area contributed by atoms with Gasteiger partial charge in [0.1, 0.15) is 5.75 Å². The average Bonchev–Trinajstić information content (AvgIpc) is 2.84. The fourth-order valence-electron chi connectivity index (χ4n) is 2.78. The van der Waals surface area contributed by atoms with Gasteiger partial charge >= 0.3 is 0 Å². The zero-order valence-electron chi connectivity index (χ0n) is 11.9. The second kappa shape index (κ2) is 6.46. The lowest BCUT2D eigenvalue weighted by Crippen LogP contribution is -2.39. The molecule has 2 N–H and O–H groups in total. The van der Waals surface area contributed by atoms with Crippen LogP contribution >= 0.6 is 11.6 Å². The molecule has 1 fully saturated rings. The van der Waals surface area contributed by atoms with Gasteiger partial charge in [0.15, 0.2) is 0 Å². The number of rotatable bonds is 4. The summed E-state index contributed by atoms with van der Waals surface area (Å²) in [4.78, 5) is 14.1. The molecule has 0 aromatic heterocycles. The maximum atomic E-state index is 12.4. The second-order valence-electron chi connectivity index (χ2n) is 5.35. The zero-order valence-corrected chi connectivity index (χ0v) is 12.7. The SMILES string of the molecule is COc1ccc(Cl)cc1CN(C)C(=O)[C@@H]1CCC[C@H]1N. The number of amides is 1. The molecule has 4 nitrogen and oxygen atoms in total. The van der Waals surface area contributed by atoms with Crippen LogP contribution < -0.4 is 10.5 Å². The van der Waals surface area contributed by atoms with Crippen LogP contribution in [-0.2, 0) is 11.3 Å². The Kier molecular flexibility index (Phi) is 4.89. The molecule has 1 aliphatic rings. The van der Waals surface area contributed by atoms with Crippen molar-refractivity contribution in [3.8, 4) is 5.75 Å². The number of ether oxygens (including phenoxy) is 1. The summed E-state index contributed by atoms with van der Waals surface area (Å²) in [6.07, 6.45) is 2.85. The van der Waals surface area contributed by atoms with E-state index in [-0.39, 0.29) is 17.9 Å². The summed E-state index contributed by atoms with van der Waals surface area (Å²) in [5, 5.41) is 0.638. The number of hydrogen-bond acceptors (Lipinski definition) is 3. The van der Waals surface area contributed by atoms with Crippen molar-refractivity contribution in [1.29, 1.82) is 0 Å². The van der Waals surface area contributed by atoms with Crippen molar-refractivity contribution < 1.29 is 9.53 Å². The summed E-state index contributed by atoms with van der Waals surface area (Å²) in [7, 11) is 3.41. The topological polar surface area (TPSA) is 55.6 Å². The maximum Gasteiger partial charge on any atom is 0.227 e. The van der Waals surface area contributed by atoms with Crippen molar-refractivity contribution in [2.75, 3.05) is 14.2 Å². The number of nitrogens with zero attached hydrogens (tertiary/aromatic N) is 1. The molecule has 2 rings (SSSR count). The molecule has 0 saturated heterocycles. The molecule has 1 aromatic rings. The number of carbonyl (C=O) groups excluding carboxylic acids is 1. The van der Waals surface area contributed by atoms with Crippen molar-refractivity contribution in [3.05, 3.63) is 28.8 Å². The third-order valence-electron chi connectivity index (χ3n) is 3.91. The highest BCUT2D eigenvalue weighted by Gasteiger charge is 2.32. The quantitative estimate of drug-likeness (QED) is 0.928. The standard InChI is InChI=1S/C15H21ClN2O2/c1-18(15(19)12-4-3-5-13(12)17)9-10-8-11(16)6-7-14(10)20-2/h6-8,12-13H,3-5,9,17H2,1-2H3/t12-,13-/m1/s1. The largest absolute Gasteiger partial charge is 0.496 e. The first-order valence-electron chi connectivity index (χ1n) is 6.86. The average molecular weight is 297 g/mol. The van der Waals surface area contributed by atoms with E-state index in [2.05, 4.69) is 0 Å². The minimum absolute atomic E-state index is 0.00814. The van der Waals surface area contributed by atoms with Crippen molar-refractivity contribution in [1.82, 2.24) is 4.90 Å². The van der Waals surface area contributed by atoms with Crippen LogP contribution in [0, 0.1) is 5.92 Å². The van der Waals surface area contributed by atoms with Gasteiger partial charge in [-0.2, -0.15) is 0 Å². The molecule has 1 aromatic carbocycles. The molecule has 110 valence electrons. The Morgan fingerprint density at radius 1 is 1.50 bits per heavy atom. The fraction of sp³-hybridized carbons (Fsp3) is 0.533. The van der Waals surface area contributed by atoms with Crippen LogP contribution in [0.3, 0.4) is 0 Å². The van der Waals surface area contributed by atoms with E-state index in [0.717, 1.165) is 30.6 Å². The minimum Gasteiger partial charge on any atom is -0.496 e. The molecule has 1 aliphatic carbocycles. The Morgan fingerprint density at radius 3 is 2.85 bits per heavy atom. The first-order chi connectivity index (χ1) is 9.52. The molecule has 0 spiro atoms. The fourth-order valence-corrected chi connectivity index (χ4v) is 2.98. The van der Waals surface area contributed by atoms with E-state index in [1.807, 2.05) is 12.1 Å². The van der Waals surface area contributed by atoms with Gasteiger partial charge in [-0.05, 0) is 31.0 Å². The predicted molar refractivity (Wildman–Crippen MR) is 79.8 cm³/mol. The molecule has 0 radical (unpaired) electrons. The lowest BCUT2D eigenvalue weighted by molar-refractivity contribution is -0.134. The van der Waals surface area contributed by atoms with Crippen LogP contribution in [0.5, 0.6) is 5.75 Å². The van der Waals surface area contributed by atoms with E-state index < -0.39 is 0 Å². The van der Waals surface area contributed by atoms with Crippen LogP contribution in [0.25, 0.3) is 0 Å². The van der Waals surface area contributed by atoms with E-state index in [0.29, 0.717) is 11.6 Å². The van der Waals surface area contributed by atoms with Gasteiger partial charge in [-0.1, -0.05) is 18.0 Å². The van der Waals surface area contributed by atoms with Gasteiger partial charge in [-0.15, -0.1) is 0 Å². The van der Waals surface area contributed by atoms with Crippen molar-refractivity contribution in [2.45, 2.75) is 31.8 Å². The Morgan fingerprint density at radius 2 is 2.25 bits per heavy atom. The summed E-state index contributed by atoms with van der Waals surface area (Å²) in [5.74, 6) is 0.798. The van der Waals surface area contributed by atoms with Crippen molar-refractivity contribution in [2.24, 2.45) is 11.7 Å². The molecule has 2 atom stereocenters. The van der Waals surface area contributed by atoms with Crippen LogP contribution in [0.1, 0.15) is 24.8 Å². The summed E-state index contributed by atoms with van der Waals surface area (Å²) in [6.45, 7) is 0.478. The number of halogens is 1. The van der Waals surface area contributed by atoms with E-state index in [1.54, 1.807) is 25.1 Å². The Bertz CT molecular complexity index is 493. The van der Waals surface area contributed by atoms with Crippen molar-refractivity contribution >= 4 is 17.5 Å².